The highest BCUT2D eigenvalue weighted by Crippen LogP contribution is 2.30. The van der Waals surface area contributed by atoms with Crippen LogP contribution in [0.2, 0.25) is 0 Å². The topological polar surface area (TPSA) is 29.5 Å². The van der Waals surface area contributed by atoms with Crippen molar-refractivity contribution >= 4 is 0 Å². The third-order valence-corrected chi connectivity index (χ3v) is 3.11. The Kier molecular flexibility index (Phi) is 4.58. The molecule has 100 valence electrons. The van der Waals surface area contributed by atoms with Gasteiger partial charge in [-0.15, -0.1) is 0 Å². The van der Waals surface area contributed by atoms with Crippen LogP contribution in [0.1, 0.15) is 23.1 Å². The number of benzene rings is 2. The number of aliphatic hydroxyl groups is 1. The standard InChI is InChI=1S/C17H20O2/c1-13-11-15(7-6-10-18)12-14(2)17(13)19-16-8-4-3-5-9-16/h3-5,8-9,11-12,18H,6-7,10H2,1-2H3. The normalized spacial score (nSPS) is 10.5. The molecular weight excluding hydrogens is 236 g/mol. The van der Waals surface area contributed by atoms with Crippen LogP contribution in [0, 0.1) is 13.8 Å². The number of aryl methyl sites for hydroxylation is 3. The summed E-state index contributed by atoms with van der Waals surface area (Å²) in [5, 5.41) is 8.89. The Morgan fingerprint density at radius 3 is 2.21 bits per heavy atom. The molecule has 0 amide bonds. The van der Waals surface area contributed by atoms with Gasteiger partial charge in [0.05, 0.1) is 0 Å². The SMILES string of the molecule is Cc1cc(CCCO)cc(C)c1Oc1ccccc1. The second-order valence-corrected chi connectivity index (χ2v) is 4.80. The summed E-state index contributed by atoms with van der Waals surface area (Å²) in [6.45, 7) is 4.36. The highest BCUT2D eigenvalue weighted by atomic mass is 16.5. The van der Waals surface area contributed by atoms with Crippen LogP contribution in [0.15, 0.2) is 42.5 Å². The summed E-state index contributed by atoms with van der Waals surface area (Å²) in [7, 11) is 0. The fourth-order valence-electron chi connectivity index (χ4n) is 2.23. The largest absolute Gasteiger partial charge is 0.457 e. The minimum absolute atomic E-state index is 0.236. The summed E-state index contributed by atoms with van der Waals surface area (Å²) in [5.74, 6) is 1.79. The zero-order valence-electron chi connectivity index (χ0n) is 11.5. The molecule has 2 heteroatoms. The van der Waals surface area contributed by atoms with Crippen molar-refractivity contribution in [3.05, 3.63) is 59.2 Å². The first-order chi connectivity index (χ1) is 9.20. The van der Waals surface area contributed by atoms with Crippen LogP contribution < -0.4 is 4.74 Å². The Labute approximate surface area is 114 Å². The van der Waals surface area contributed by atoms with Gasteiger partial charge in [0.1, 0.15) is 11.5 Å². The average molecular weight is 256 g/mol. The summed E-state index contributed by atoms with van der Waals surface area (Å²) in [6, 6.07) is 14.1. The number of hydrogen-bond acceptors (Lipinski definition) is 2. The number of para-hydroxylation sites is 1. The molecule has 0 saturated heterocycles. The molecule has 0 saturated carbocycles. The number of ether oxygens (including phenoxy) is 1. The van der Waals surface area contributed by atoms with Crippen LogP contribution in [-0.2, 0) is 6.42 Å². The molecular formula is C17H20O2. The van der Waals surface area contributed by atoms with Crippen molar-refractivity contribution < 1.29 is 9.84 Å². The maximum absolute atomic E-state index is 8.89. The first-order valence-electron chi connectivity index (χ1n) is 6.64. The van der Waals surface area contributed by atoms with E-state index in [0.717, 1.165) is 35.5 Å². The summed E-state index contributed by atoms with van der Waals surface area (Å²) < 4.78 is 5.95. The number of rotatable bonds is 5. The molecule has 0 aliphatic heterocycles. The van der Waals surface area contributed by atoms with Crippen molar-refractivity contribution in [2.45, 2.75) is 26.7 Å². The summed E-state index contributed by atoms with van der Waals surface area (Å²) in [5.41, 5.74) is 3.53. The second-order valence-electron chi connectivity index (χ2n) is 4.80. The van der Waals surface area contributed by atoms with E-state index in [-0.39, 0.29) is 6.61 Å². The van der Waals surface area contributed by atoms with Gasteiger partial charge in [-0.25, -0.2) is 0 Å². The van der Waals surface area contributed by atoms with Gasteiger partial charge < -0.3 is 9.84 Å². The second kappa shape index (κ2) is 6.39. The van der Waals surface area contributed by atoms with Gasteiger partial charge in [-0.1, -0.05) is 30.3 Å². The van der Waals surface area contributed by atoms with E-state index in [1.54, 1.807) is 0 Å². The van der Waals surface area contributed by atoms with Crippen LogP contribution >= 0.6 is 0 Å². The predicted molar refractivity (Wildman–Crippen MR) is 77.8 cm³/mol. The molecule has 2 nitrogen and oxygen atoms in total. The van der Waals surface area contributed by atoms with Crippen LogP contribution in [0.3, 0.4) is 0 Å². The number of hydrogen-bond donors (Lipinski definition) is 1. The van der Waals surface area contributed by atoms with E-state index in [0.29, 0.717) is 0 Å². The van der Waals surface area contributed by atoms with Gasteiger partial charge in [-0.3, -0.25) is 0 Å². The quantitative estimate of drug-likeness (QED) is 0.875. The molecule has 2 aromatic carbocycles. The highest BCUT2D eigenvalue weighted by Gasteiger charge is 2.07. The Morgan fingerprint density at radius 2 is 1.63 bits per heavy atom. The fourth-order valence-corrected chi connectivity index (χ4v) is 2.23. The molecule has 0 fully saturated rings. The fraction of sp³-hybridized carbons (Fsp3) is 0.294. The molecule has 1 N–H and O–H groups in total. The number of aliphatic hydroxyl groups excluding tert-OH is 1. The molecule has 2 aromatic rings. The maximum atomic E-state index is 8.89. The van der Waals surface area contributed by atoms with Gasteiger partial charge >= 0.3 is 0 Å². The zero-order valence-corrected chi connectivity index (χ0v) is 11.5. The molecule has 19 heavy (non-hydrogen) atoms. The molecule has 0 aromatic heterocycles. The van der Waals surface area contributed by atoms with Crippen LogP contribution in [0.4, 0.5) is 0 Å². The Bertz CT molecular complexity index is 509. The third kappa shape index (κ3) is 3.58. The van der Waals surface area contributed by atoms with Crippen LogP contribution in [-0.4, -0.2) is 11.7 Å². The van der Waals surface area contributed by atoms with E-state index in [9.17, 15) is 0 Å². The predicted octanol–water partition coefficient (Wildman–Crippen LogP) is 4.02. The molecule has 2 rings (SSSR count). The van der Waals surface area contributed by atoms with E-state index in [1.807, 2.05) is 30.3 Å². The molecule has 0 radical (unpaired) electrons. The monoisotopic (exact) mass is 256 g/mol. The average Bonchev–Trinajstić information content (AvgIpc) is 2.42. The maximum Gasteiger partial charge on any atom is 0.133 e. The Morgan fingerprint density at radius 1 is 1.00 bits per heavy atom. The van der Waals surface area contributed by atoms with E-state index in [2.05, 4.69) is 26.0 Å². The Hall–Kier alpha value is -1.80. The summed E-state index contributed by atoms with van der Waals surface area (Å²) >= 11 is 0. The van der Waals surface area contributed by atoms with Crippen molar-refractivity contribution in [1.82, 2.24) is 0 Å². The lowest BCUT2D eigenvalue weighted by atomic mass is 10.0. The van der Waals surface area contributed by atoms with Crippen molar-refractivity contribution in [2.24, 2.45) is 0 Å². The first kappa shape index (κ1) is 13.6. The minimum atomic E-state index is 0.236. The lowest BCUT2D eigenvalue weighted by molar-refractivity contribution is 0.288. The van der Waals surface area contributed by atoms with Crippen molar-refractivity contribution in [3.8, 4) is 11.5 Å². The van der Waals surface area contributed by atoms with Gasteiger partial charge in [-0.05, 0) is 55.5 Å². The van der Waals surface area contributed by atoms with E-state index >= 15 is 0 Å². The molecule has 0 aliphatic carbocycles. The van der Waals surface area contributed by atoms with E-state index < -0.39 is 0 Å². The molecule has 0 bridgehead atoms. The van der Waals surface area contributed by atoms with Crippen molar-refractivity contribution in [2.75, 3.05) is 6.61 Å². The van der Waals surface area contributed by atoms with Gasteiger partial charge in [0, 0.05) is 6.61 Å². The van der Waals surface area contributed by atoms with Gasteiger partial charge in [0.25, 0.3) is 0 Å². The molecule has 0 unspecified atom stereocenters. The lowest BCUT2D eigenvalue weighted by Gasteiger charge is -2.13. The van der Waals surface area contributed by atoms with Crippen molar-refractivity contribution in [1.29, 1.82) is 0 Å². The highest BCUT2D eigenvalue weighted by molar-refractivity contribution is 5.45. The summed E-state index contributed by atoms with van der Waals surface area (Å²) in [6.07, 6.45) is 1.71. The van der Waals surface area contributed by atoms with Crippen molar-refractivity contribution in [3.63, 3.8) is 0 Å². The Balaban J connectivity index is 2.22. The molecule has 0 aliphatic rings. The summed E-state index contributed by atoms with van der Waals surface area (Å²) in [4.78, 5) is 0. The van der Waals surface area contributed by atoms with Crippen LogP contribution in [0.5, 0.6) is 11.5 Å². The van der Waals surface area contributed by atoms with E-state index in [4.69, 9.17) is 9.84 Å². The van der Waals surface area contributed by atoms with Gasteiger partial charge in [0.15, 0.2) is 0 Å². The van der Waals surface area contributed by atoms with E-state index in [1.165, 1.54) is 5.56 Å². The molecule has 0 heterocycles. The smallest absolute Gasteiger partial charge is 0.133 e. The van der Waals surface area contributed by atoms with Gasteiger partial charge in [-0.2, -0.15) is 0 Å². The lowest BCUT2D eigenvalue weighted by Crippen LogP contribution is -1.95. The zero-order chi connectivity index (χ0) is 13.7. The molecule has 0 atom stereocenters. The van der Waals surface area contributed by atoms with Gasteiger partial charge in [0.2, 0.25) is 0 Å². The minimum Gasteiger partial charge on any atom is -0.457 e. The van der Waals surface area contributed by atoms with Crippen LogP contribution in [0.25, 0.3) is 0 Å². The third-order valence-electron chi connectivity index (χ3n) is 3.11. The molecule has 0 spiro atoms. The first-order valence-corrected chi connectivity index (χ1v) is 6.64.